The molecule has 0 N–H and O–H groups in total. The molecule has 2 aromatic rings. The first-order valence-corrected chi connectivity index (χ1v) is 8.07. The number of esters is 1. The second-order valence-electron chi connectivity index (χ2n) is 5.55. The van der Waals surface area contributed by atoms with Crippen LogP contribution in [0.4, 0.5) is 0 Å². The van der Waals surface area contributed by atoms with Crippen molar-refractivity contribution in [3.63, 3.8) is 0 Å². The Hall–Kier alpha value is -2.59. The van der Waals surface area contributed by atoms with Gasteiger partial charge in [0.05, 0.1) is 7.11 Å². The smallest absolute Gasteiger partial charge is 0.343 e. The Bertz CT molecular complexity index is 784. The van der Waals surface area contributed by atoms with E-state index in [0.29, 0.717) is 16.3 Å². The number of carbonyl (C=O) groups excluding carboxylic acids is 2. The van der Waals surface area contributed by atoms with Crippen molar-refractivity contribution in [3.05, 3.63) is 69.8 Å². The van der Waals surface area contributed by atoms with E-state index in [4.69, 9.17) is 16.3 Å². The van der Waals surface area contributed by atoms with Gasteiger partial charge >= 0.3 is 5.97 Å². The van der Waals surface area contributed by atoms with E-state index in [-0.39, 0.29) is 12.4 Å². The van der Waals surface area contributed by atoms with Crippen LogP contribution in [-0.2, 0) is 9.53 Å². The number of halogens is 1. The monoisotopic (exact) mass is 358 g/mol. The molecule has 0 unspecified atom stereocenters. The molecule has 0 atom stereocenters. The van der Waals surface area contributed by atoms with Gasteiger partial charge in [0.15, 0.2) is 12.4 Å². The van der Waals surface area contributed by atoms with Crippen LogP contribution < -0.4 is 4.74 Å². The van der Waals surface area contributed by atoms with Gasteiger partial charge < -0.3 is 9.47 Å². The van der Waals surface area contributed by atoms with Gasteiger partial charge in [-0.1, -0.05) is 17.7 Å². The van der Waals surface area contributed by atoms with E-state index in [0.717, 1.165) is 16.7 Å². The Morgan fingerprint density at radius 2 is 1.68 bits per heavy atom. The summed E-state index contributed by atoms with van der Waals surface area (Å²) in [4.78, 5) is 23.4. The molecule has 0 aliphatic heterocycles. The number of aryl methyl sites for hydroxylation is 2. The molecule has 0 saturated heterocycles. The minimum absolute atomic E-state index is 0.0991. The highest BCUT2D eigenvalue weighted by Crippen LogP contribution is 2.25. The quantitative estimate of drug-likeness (QED) is 0.436. The number of rotatable bonds is 6. The molecule has 0 aromatic heterocycles. The van der Waals surface area contributed by atoms with Crippen LogP contribution in [-0.4, -0.2) is 25.5 Å². The summed E-state index contributed by atoms with van der Waals surface area (Å²) in [5.41, 5.74) is 3.21. The fourth-order valence-corrected chi connectivity index (χ4v) is 2.51. The second kappa shape index (κ2) is 8.49. The fourth-order valence-electron chi connectivity index (χ4n) is 2.38. The highest BCUT2D eigenvalue weighted by molar-refractivity contribution is 6.30. The molecular formula is C20H19ClO4. The zero-order chi connectivity index (χ0) is 18.4. The van der Waals surface area contributed by atoms with Crippen LogP contribution in [0.5, 0.6) is 5.75 Å². The molecule has 0 saturated carbocycles. The summed E-state index contributed by atoms with van der Waals surface area (Å²) in [6, 6.07) is 10.5. The molecule has 0 aliphatic rings. The molecule has 2 aromatic carbocycles. The first-order valence-electron chi connectivity index (χ1n) is 7.69. The molecule has 25 heavy (non-hydrogen) atoms. The van der Waals surface area contributed by atoms with Crippen LogP contribution in [0.25, 0.3) is 6.08 Å². The van der Waals surface area contributed by atoms with Gasteiger partial charge in [0, 0.05) is 10.6 Å². The van der Waals surface area contributed by atoms with E-state index >= 15 is 0 Å². The first-order chi connectivity index (χ1) is 11.9. The van der Waals surface area contributed by atoms with Crippen LogP contribution >= 0.6 is 11.6 Å². The van der Waals surface area contributed by atoms with Crippen LogP contribution in [0.2, 0.25) is 5.02 Å². The molecule has 0 fully saturated rings. The first kappa shape index (κ1) is 18.7. The largest absolute Gasteiger partial charge is 0.481 e. The zero-order valence-electron chi connectivity index (χ0n) is 14.3. The number of carbonyl (C=O) groups is 2. The predicted molar refractivity (Wildman–Crippen MR) is 98.2 cm³/mol. The van der Waals surface area contributed by atoms with Crippen molar-refractivity contribution >= 4 is 29.4 Å². The third kappa shape index (κ3) is 5.19. The summed E-state index contributed by atoms with van der Waals surface area (Å²) in [7, 11) is 1.32. The third-order valence-electron chi connectivity index (χ3n) is 3.60. The van der Waals surface area contributed by atoms with Crippen molar-refractivity contribution < 1.29 is 19.1 Å². The van der Waals surface area contributed by atoms with Crippen LogP contribution in [0.3, 0.4) is 0 Å². The van der Waals surface area contributed by atoms with Gasteiger partial charge in [0.25, 0.3) is 0 Å². The van der Waals surface area contributed by atoms with Gasteiger partial charge in [0.2, 0.25) is 0 Å². The van der Waals surface area contributed by atoms with Gasteiger partial charge in [-0.25, -0.2) is 4.79 Å². The Balaban J connectivity index is 2.13. The summed E-state index contributed by atoms with van der Waals surface area (Å²) < 4.78 is 10.1. The summed E-state index contributed by atoms with van der Waals surface area (Å²) in [6.07, 6.45) is 3.27. The van der Waals surface area contributed by atoms with E-state index < -0.39 is 5.97 Å². The lowest BCUT2D eigenvalue weighted by molar-refractivity contribution is -0.142. The maximum atomic E-state index is 12.2. The molecule has 130 valence electrons. The number of methoxy groups -OCH3 is 1. The number of hydrogen-bond acceptors (Lipinski definition) is 4. The molecule has 0 amide bonds. The predicted octanol–water partition coefficient (Wildman–Crippen LogP) is 4.40. The number of ketones is 1. The average Bonchev–Trinajstić information content (AvgIpc) is 2.59. The van der Waals surface area contributed by atoms with Crippen LogP contribution in [0, 0.1) is 13.8 Å². The summed E-state index contributed by atoms with van der Waals surface area (Å²) in [5.74, 6) is 0.112. The number of benzene rings is 2. The minimum atomic E-state index is -0.434. The SMILES string of the molecule is COC(=O)COc1c(C)cc(/C=C/C(=O)c2ccc(Cl)cc2)cc1C. The minimum Gasteiger partial charge on any atom is -0.481 e. The highest BCUT2D eigenvalue weighted by Gasteiger charge is 2.09. The topological polar surface area (TPSA) is 52.6 Å². The van der Waals surface area contributed by atoms with Crippen molar-refractivity contribution in [3.8, 4) is 5.75 Å². The highest BCUT2D eigenvalue weighted by atomic mass is 35.5. The molecule has 5 heteroatoms. The molecular weight excluding hydrogens is 340 g/mol. The van der Waals surface area contributed by atoms with Crippen molar-refractivity contribution in [2.45, 2.75) is 13.8 Å². The fraction of sp³-hybridized carbons (Fsp3) is 0.200. The Labute approximate surface area is 152 Å². The van der Waals surface area contributed by atoms with Crippen molar-refractivity contribution in [2.75, 3.05) is 13.7 Å². The molecule has 0 heterocycles. The number of allylic oxidation sites excluding steroid dienone is 1. The maximum Gasteiger partial charge on any atom is 0.343 e. The van der Waals surface area contributed by atoms with E-state index in [1.165, 1.54) is 13.2 Å². The Morgan fingerprint density at radius 3 is 2.24 bits per heavy atom. The number of ether oxygens (including phenoxy) is 2. The van der Waals surface area contributed by atoms with Crippen molar-refractivity contribution in [1.29, 1.82) is 0 Å². The normalized spacial score (nSPS) is 10.7. The van der Waals surface area contributed by atoms with Crippen LogP contribution in [0.15, 0.2) is 42.5 Å². The lowest BCUT2D eigenvalue weighted by atomic mass is 10.0. The molecule has 2 rings (SSSR count). The number of hydrogen-bond donors (Lipinski definition) is 0. The molecule has 0 aliphatic carbocycles. The molecule has 0 radical (unpaired) electrons. The molecule has 4 nitrogen and oxygen atoms in total. The van der Waals surface area contributed by atoms with Gasteiger partial charge in [-0.15, -0.1) is 0 Å². The van der Waals surface area contributed by atoms with Gasteiger partial charge in [0.1, 0.15) is 5.75 Å². The van der Waals surface area contributed by atoms with E-state index in [9.17, 15) is 9.59 Å². The lowest BCUT2D eigenvalue weighted by Crippen LogP contribution is -2.13. The van der Waals surface area contributed by atoms with Crippen molar-refractivity contribution in [2.24, 2.45) is 0 Å². The lowest BCUT2D eigenvalue weighted by Gasteiger charge is -2.12. The van der Waals surface area contributed by atoms with Gasteiger partial charge in [-0.2, -0.15) is 0 Å². The van der Waals surface area contributed by atoms with E-state index in [2.05, 4.69) is 4.74 Å². The Morgan fingerprint density at radius 1 is 1.08 bits per heavy atom. The van der Waals surface area contributed by atoms with Crippen LogP contribution in [0.1, 0.15) is 27.0 Å². The van der Waals surface area contributed by atoms with Gasteiger partial charge in [-0.3, -0.25) is 4.79 Å². The van der Waals surface area contributed by atoms with Crippen molar-refractivity contribution in [1.82, 2.24) is 0 Å². The van der Waals surface area contributed by atoms with E-state index in [1.807, 2.05) is 26.0 Å². The zero-order valence-corrected chi connectivity index (χ0v) is 15.1. The third-order valence-corrected chi connectivity index (χ3v) is 3.85. The van der Waals surface area contributed by atoms with E-state index in [1.54, 1.807) is 30.3 Å². The standard InChI is InChI=1S/C20H19ClO4/c1-13-10-15(11-14(2)20(13)25-12-19(23)24-3)4-9-18(22)16-5-7-17(21)8-6-16/h4-11H,12H2,1-3H3/b9-4+. The summed E-state index contributed by atoms with van der Waals surface area (Å²) in [6.45, 7) is 3.64. The second-order valence-corrected chi connectivity index (χ2v) is 5.99. The Kier molecular flexibility index (Phi) is 6.37. The maximum absolute atomic E-state index is 12.2. The summed E-state index contributed by atoms with van der Waals surface area (Å²) in [5, 5.41) is 0.592. The molecule has 0 bridgehead atoms. The average molecular weight is 359 g/mol. The molecule has 0 spiro atoms. The summed E-state index contributed by atoms with van der Waals surface area (Å²) >= 11 is 5.82. The van der Waals surface area contributed by atoms with Gasteiger partial charge in [-0.05, 0) is 73.0 Å².